The zero-order chi connectivity index (χ0) is 21.5. The smallest absolute Gasteiger partial charge is 0.475 e. The van der Waals surface area contributed by atoms with Gasteiger partial charge in [-0.3, -0.25) is 22.9 Å². The summed E-state index contributed by atoms with van der Waals surface area (Å²) in [4.78, 5) is 14.9. The summed E-state index contributed by atoms with van der Waals surface area (Å²) in [5, 5.41) is 30.6. The average molecular weight is 441 g/mol. The Bertz CT molecular complexity index is 966. The van der Waals surface area contributed by atoms with E-state index in [2.05, 4.69) is 4.98 Å². The highest BCUT2D eigenvalue weighted by molar-refractivity contribution is 7.48. The van der Waals surface area contributed by atoms with Gasteiger partial charge in [0.05, 0.1) is 19.8 Å². The number of aromatic hydroxyl groups is 1. The van der Waals surface area contributed by atoms with Gasteiger partial charge >= 0.3 is 7.82 Å². The first-order valence-corrected chi connectivity index (χ1v) is 10.4. The zero-order valence-electron chi connectivity index (χ0n) is 15.5. The molecule has 1 aromatic heterocycles. The summed E-state index contributed by atoms with van der Waals surface area (Å²) >= 11 is 0. The second-order valence-corrected chi connectivity index (χ2v) is 8.46. The van der Waals surface area contributed by atoms with Gasteiger partial charge in [-0.2, -0.15) is 0 Å². The number of carbonyl (C=O) groups excluding carboxylic acids is 1. The lowest BCUT2D eigenvalue weighted by Crippen LogP contribution is -2.33. The molecule has 0 bridgehead atoms. The molecule has 0 radical (unpaired) electrons. The van der Waals surface area contributed by atoms with E-state index in [-0.39, 0.29) is 13.2 Å². The van der Waals surface area contributed by atoms with Crippen molar-refractivity contribution in [3.05, 3.63) is 47.4 Å². The summed E-state index contributed by atoms with van der Waals surface area (Å²) in [6.45, 7) is -0.391. The Morgan fingerprint density at radius 2 is 1.87 bits per heavy atom. The van der Waals surface area contributed by atoms with Crippen molar-refractivity contribution in [1.29, 1.82) is 0 Å². The number of hydrogen-bond donors (Lipinski definition) is 4. The Hall–Kier alpha value is -2.31. The molecule has 3 heterocycles. The maximum Gasteiger partial charge on any atom is 0.475 e. The van der Waals surface area contributed by atoms with Crippen molar-refractivity contribution < 1.29 is 43.0 Å². The third kappa shape index (κ3) is 3.86. The molecule has 5 N–H and O–H groups in total. The van der Waals surface area contributed by atoms with E-state index in [9.17, 15) is 24.7 Å². The molecule has 1 fully saturated rings. The minimum absolute atomic E-state index is 0.0194. The quantitative estimate of drug-likeness (QED) is 0.468. The van der Waals surface area contributed by atoms with Crippen molar-refractivity contribution in [2.75, 3.05) is 6.61 Å². The number of carbonyl (C=O) groups is 1. The van der Waals surface area contributed by atoms with Gasteiger partial charge in [-0.1, -0.05) is 24.3 Å². The van der Waals surface area contributed by atoms with Crippen molar-refractivity contribution in [3.63, 3.8) is 0 Å². The van der Waals surface area contributed by atoms with E-state index in [4.69, 9.17) is 24.0 Å². The molecule has 13 heteroatoms. The predicted octanol–water partition coefficient (Wildman–Crippen LogP) is 0.178. The van der Waals surface area contributed by atoms with Crippen LogP contribution < -0.4 is 5.73 Å². The number of phosphoric ester groups is 1. The minimum Gasteiger partial charge on any atom is -0.493 e. The van der Waals surface area contributed by atoms with Crippen LogP contribution in [0.2, 0.25) is 0 Å². The van der Waals surface area contributed by atoms with Crippen molar-refractivity contribution in [2.45, 2.75) is 37.8 Å². The number of aliphatic hydroxyl groups is 2. The fraction of sp³-hybridized carbons (Fsp3) is 0.412. The molecule has 0 spiro atoms. The first kappa shape index (κ1) is 20.9. The second kappa shape index (κ2) is 8.08. The van der Waals surface area contributed by atoms with Gasteiger partial charge in [0.2, 0.25) is 5.88 Å². The molecular formula is C17H20N3O9P. The van der Waals surface area contributed by atoms with Crippen LogP contribution in [-0.4, -0.2) is 55.7 Å². The number of ether oxygens (including phenoxy) is 1. The van der Waals surface area contributed by atoms with Crippen LogP contribution >= 0.6 is 7.82 Å². The number of amides is 1. The number of nitrogens with zero attached hydrogens (tertiary/aromatic N) is 2. The van der Waals surface area contributed by atoms with Crippen molar-refractivity contribution in [3.8, 4) is 5.88 Å². The van der Waals surface area contributed by atoms with Crippen LogP contribution in [0.3, 0.4) is 0 Å². The van der Waals surface area contributed by atoms with E-state index in [0.717, 1.165) is 22.0 Å². The Morgan fingerprint density at radius 3 is 2.43 bits per heavy atom. The van der Waals surface area contributed by atoms with E-state index in [0.29, 0.717) is 0 Å². The Labute approximate surface area is 170 Å². The van der Waals surface area contributed by atoms with Crippen LogP contribution in [0.25, 0.3) is 0 Å². The number of aliphatic hydroxyl groups excluding tert-OH is 2. The summed E-state index contributed by atoms with van der Waals surface area (Å²) in [5.74, 6) is -1.60. The molecular weight excluding hydrogens is 421 g/mol. The van der Waals surface area contributed by atoms with Gasteiger partial charge in [0.1, 0.15) is 24.6 Å². The first-order valence-electron chi connectivity index (χ1n) is 8.97. The highest BCUT2D eigenvalue weighted by Crippen LogP contribution is 2.53. The number of aromatic nitrogens is 2. The van der Waals surface area contributed by atoms with E-state index >= 15 is 0 Å². The number of rotatable bonds is 5. The lowest BCUT2D eigenvalue weighted by atomic mass is 10.1. The SMILES string of the molecule is NC(=O)c1ncn([C@@H]2O[C@H](COP3(=O)OCc4ccccc4CO3)[C@@H](O)[C@H]2O)c1O. The van der Waals surface area contributed by atoms with E-state index in [1.807, 2.05) is 24.3 Å². The number of hydrogen-bond acceptors (Lipinski definition) is 10. The van der Waals surface area contributed by atoms with Gasteiger partial charge in [0, 0.05) is 0 Å². The Morgan fingerprint density at radius 1 is 1.23 bits per heavy atom. The molecule has 1 saturated heterocycles. The monoisotopic (exact) mass is 441 g/mol. The molecule has 30 heavy (non-hydrogen) atoms. The van der Waals surface area contributed by atoms with Crippen LogP contribution in [0.15, 0.2) is 30.6 Å². The van der Waals surface area contributed by atoms with Crippen molar-refractivity contribution >= 4 is 13.7 Å². The average Bonchev–Trinajstić information content (AvgIpc) is 3.17. The molecule has 4 atom stereocenters. The molecule has 162 valence electrons. The lowest BCUT2D eigenvalue weighted by molar-refractivity contribution is -0.0568. The van der Waals surface area contributed by atoms with Crippen LogP contribution in [0.4, 0.5) is 0 Å². The van der Waals surface area contributed by atoms with Crippen LogP contribution in [-0.2, 0) is 36.1 Å². The molecule has 2 aromatic rings. The maximum absolute atomic E-state index is 12.8. The zero-order valence-corrected chi connectivity index (χ0v) is 16.4. The molecule has 4 rings (SSSR count). The predicted molar refractivity (Wildman–Crippen MR) is 97.9 cm³/mol. The molecule has 2 aliphatic heterocycles. The largest absolute Gasteiger partial charge is 0.493 e. The summed E-state index contributed by atoms with van der Waals surface area (Å²) in [7, 11) is -3.95. The van der Waals surface area contributed by atoms with Crippen molar-refractivity contribution in [2.24, 2.45) is 5.73 Å². The number of benzene rings is 1. The second-order valence-electron chi connectivity index (χ2n) is 6.79. The van der Waals surface area contributed by atoms with Crippen LogP contribution in [0, 0.1) is 0 Å². The maximum atomic E-state index is 12.8. The lowest BCUT2D eigenvalue weighted by Gasteiger charge is -2.19. The standard InChI is InChI=1S/C17H20N3O9P/c18-15(23)12-16(24)20(8-19-12)17-14(22)13(21)11(29-17)7-28-30(25)26-5-9-3-1-2-4-10(9)6-27-30/h1-4,8,11,13-14,17,21-22,24H,5-7H2,(H2,18,23)/t11-,13-,14-,17-/m1/s1. The molecule has 0 saturated carbocycles. The number of nitrogens with two attached hydrogens (primary N) is 1. The third-order valence-electron chi connectivity index (χ3n) is 4.88. The van der Waals surface area contributed by atoms with Crippen LogP contribution in [0.5, 0.6) is 5.88 Å². The van der Waals surface area contributed by atoms with Crippen molar-refractivity contribution in [1.82, 2.24) is 9.55 Å². The molecule has 0 aliphatic carbocycles. The third-order valence-corrected chi connectivity index (χ3v) is 6.24. The fourth-order valence-electron chi connectivity index (χ4n) is 3.22. The highest BCUT2D eigenvalue weighted by Gasteiger charge is 2.46. The summed E-state index contributed by atoms with van der Waals surface area (Å²) in [6.07, 6.45) is -4.33. The molecule has 0 unspecified atom stereocenters. The molecule has 1 amide bonds. The van der Waals surface area contributed by atoms with Gasteiger partial charge in [-0.15, -0.1) is 0 Å². The summed E-state index contributed by atoms with van der Waals surface area (Å²) < 4.78 is 35.2. The van der Waals surface area contributed by atoms with Gasteiger partial charge in [-0.05, 0) is 11.1 Å². The van der Waals surface area contributed by atoms with Gasteiger partial charge in [-0.25, -0.2) is 9.55 Å². The summed E-state index contributed by atoms with van der Waals surface area (Å²) in [5.41, 5.74) is 6.31. The number of primary amides is 1. The first-order chi connectivity index (χ1) is 14.3. The van der Waals surface area contributed by atoms with Gasteiger partial charge in [0.15, 0.2) is 11.9 Å². The normalized spacial score (nSPS) is 28.1. The van der Waals surface area contributed by atoms with Crippen LogP contribution in [0.1, 0.15) is 27.8 Å². The van der Waals surface area contributed by atoms with Gasteiger partial charge < -0.3 is 25.8 Å². The number of imidazole rings is 1. The van der Waals surface area contributed by atoms with E-state index in [1.54, 1.807) is 0 Å². The van der Waals surface area contributed by atoms with E-state index < -0.39 is 56.5 Å². The molecule has 12 nitrogen and oxygen atoms in total. The van der Waals surface area contributed by atoms with Gasteiger partial charge in [0.25, 0.3) is 5.91 Å². The van der Waals surface area contributed by atoms with E-state index in [1.165, 1.54) is 0 Å². The molecule has 2 aliphatic rings. The Balaban J connectivity index is 1.42. The molecule has 1 aromatic carbocycles. The number of fused-ring (bicyclic) bond motifs is 1. The topological polar surface area (TPSA) is 176 Å². The summed E-state index contributed by atoms with van der Waals surface area (Å²) in [6, 6.07) is 7.27. The fourth-order valence-corrected chi connectivity index (χ4v) is 4.37. The Kier molecular flexibility index (Phi) is 5.64. The number of phosphoric acid groups is 1. The highest BCUT2D eigenvalue weighted by atomic mass is 31.2. The minimum atomic E-state index is -3.95.